The molecule has 0 spiro atoms. The molecule has 0 heterocycles. The fourth-order valence-electron chi connectivity index (χ4n) is 2.22. The molecule has 1 atom stereocenters. The second kappa shape index (κ2) is 6.93. The van der Waals surface area contributed by atoms with Gasteiger partial charge >= 0.3 is 5.97 Å². The van der Waals surface area contributed by atoms with Crippen LogP contribution in [-0.4, -0.2) is 12.6 Å². The summed E-state index contributed by atoms with van der Waals surface area (Å²) in [6.45, 7) is 6.22. The maximum Gasteiger partial charge on any atom is 0.333 e. The molecule has 2 aromatic carbocycles. The van der Waals surface area contributed by atoms with Crippen molar-refractivity contribution in [2.24, 2.45) is 0 Å². The van der Waals surface area contributed by atoms with E-state index in [1.54, 1.807) is 0 Å². The minimum atomic E-state index is -0.492. The minimum Gasteiger partial charge on any atom is -0.464 e. The molecule has 0 bridgehead atoms. The van der Waals surface area contributed by atoms with E-state index in [9.17, 15) is 4.79 Å². The van der Waals surface area contributed by atoms with E-state index in [0.717, 1.165) is 16.8 Å². The first-order valence-corrected chi connectivity index (χ1v) is 7.17. The van der Waals surface area contributed by atoms with Crippen LogP contribution in [0.1, 0.15) is 29.7 Å². The van der Waals surface area contributed by atoms with Crippen molar-refractivity contribution in [3.63, 3.8) is 0 Å². The average molecular weight is 283 g/mol. The number of hydrogen-bond donors (Lipinski definition) is 1. The Morgan fingerprint density at radius 1 is 1.10 bits per heavy atom. The van der Waals surface area contributed by atoms with Crippen LogP contribution in [0.25, 0.3) is 0 Å². The van der Waals surface area contributed by atoms with Crippen molar-refractivity contribution in [2.75, 3.05) is 11.9 Å². The largest absolute Gasteiger partial charge is 0.464 e. The van der Waals surface area contributed by atoms with Crippen LogP contribution in [0, 0.1) is 13.8 Å². The van der Waals surface area contributed by atoms with Crippen LogP contribution in [-0.2, 0) is 9.53 Å². The molecule has 2 rings (SSSR count). The lowest BCUT2D eigenvalue weighted by molar-refractivity contribution is -0.144. The maximum absolute atomic E-state index is 12.3. The Morgan fingerprint density at radius 2 is 1.76 bits per heavy atom. The molecular formula is C18H21NO2. The number of aryl methyl sites for hydroxylation is 2. The van der Waals surface area contributed by atoms with Crippen molar-refractivity contribution >= 4 is 11.7 Å². The summed E-state index contributed by atoms with van der Waals surface area (Å²) in [5, 5.41) is 3.27. The predicted octanol–water partition coefficient (Wildman–Crippen LogP) is 4.02. The number of carbonyl (C=O) groups is 1. The number of ether oxygens (including phenoxy) is 1. The normalized spacial score (nSPS) is 11.8. The molecule has 1 N–H and O–H groups in total. The highest BCUT2D eigenvalue weighted by Crippen LogP contribution is 2.24. The van der Waals surface area contributed by atoms with Crippen LogP contribution in [0.15, 0.2) is 48.5 Å². The number of anilines is 1. The molecule has 2 aromatic rings. The second-order valence-electron chi connectivity index (χ2n) is 5.05. The van der Waals surface area contributed by atoms with E-state index < -0.39 is 6.04 Å². The summed E-state index contributed by atoms with van der Waals surface area (Å²) in [6.07, 6.45) is 0. The first kappa shape index (κ1) is 15.1. The summed E-state index contributed by atoms with van der Waals surface area (Å²) in [6, 6.07) is 15.3. The van der Waals surface area contributed by atoms with Gasteiger partial charge in [0.2, 0.25) is 0 Å². The van der Waals surface area contributed by atoms with Gasteiger partial charge in [0, 0.05) is 5.69 Å². The number of esters is 1. The summed E-state index contributed by atoms with van der Waals surface area (Å²) in [7, 11) is 0. The van der Waals surface area contributed by atoms with Crippen LogP contribution >= 0.6 is 0 Å². The summed E-state index contributed by atoms with van der Waals surface area (Å²) in [5.41, 5.74) is 4.10. The van der Waals surface area contributed by atoms with Gasteiger partial charge in [0.05, 0.1) is 6.61 Å². The SMILES string of the molecule is CCOC(=O)C(Nc1ccc(C)cc1)c1ccccc1C. The quantitative estimate of drug-likeness (QED) is 0.842. The van der Waals surface area contributed by atoms with Crippen LogP contribution < -0.4 is 5.32 Å². The Balaban J connectivity index is 2.30. The van der Waals surface area contributed by atoms with E-state index in [1.165, 1.54) is 5.56 Å². The molecule has 0 radical (unpaired) electrons. The third-order valence-electron chi connectivity index (χ3n) is 3.38. The van der Waals surface area contributed by atoms with Crippen molar-refractivity contribution in [1.82, 2.24) is 0 Å². The highest BCUT2D eigenvalue weighted by atomic mass is 16.5. The van der Waals surface area contributed by atoms with Crippen LogP contribution in [0.5, 0.6) is 0 Å². The Bertz CT molecular complexity index is 605. The average Bonchev–Trinajstić information content (AvgIpc) is 2.48. The van der Waals surface area contributed by atoms with Gasteiger partial charge in [0.15, 0.2) is 6.04 Å². The van der Waals surface area contributed by atoms with E-state index in [-0.39, 0.29) is 5.97 Å². The highest BCUT2D eigenvalue weighted by molar-refractivity contribution is 5.81. The smallest absolute Gasteiger partial charge is 0.333 e. The van der Waals surface area contributed by atoms with Gasteiger partial charge in [-0.15, -0.1) is 0 Å². The summed E-state index contributed by atoms with van der Waals surface area (Å²) in [4.78, 5) is 12.3. The van der Waals surface area contributed by atoms with Gasteiger partial charge in [-0.3, -0.25) is 0 Å². The highest BCUT2D eigenvalue weighted by Gasteiger charge is 2.23. The molecule has 0 saturated carbocycles. The lowest BCUT2D eigenvalue weighted by Crippen LogP contribution is -2.24. The summed E-state index contributed by atoms with van der Waals surface area (Å²) >= 11 is 0. The van der Waals surface area contributed by atoms with E-state index >= 15 is 0 Å². The Hall–Kier alpha value is -2.29. The van der Waals surface area contributed by atoms with Gasteiger partial charge < -0.3 is 10.1 Å². The fraction of sp³-hybridized carbons (Fsp3) is 0.278. The van der Waals surface area contributed by atoms with Crippen LogP contribution in [0.3, 0.4) is 0 Å². The van der Waals surface area contributed by atoms with E-state index in [1.807, 2.05) is 69.3 Å². The zero-order valence-corrected chi connectivity index (χ0v) is 12.7. The Kier molecular flexibility index (Phi) is 4.99. The predicted molar refractivity (Wildman–Crippen MR) is 85.4 cm³/mol. The molecule has 0 aromatic heterocycles. The molecule has 0 fully saturated rings. The molecule has 21 heavy (non-hydrogen) atoms. The monoisotopic (exact) mass is 283 g/mol. The first-order chi connectivity index (χ1) is 10.1. The van der Waals surface area contributed by atoms with Crippen LogP contribution in [0.4, 0.5) is 5.69 Å². The fourth-order valence-corrected chi connectivity index (χ4v) is 2.22. The Labute approximate surface area is 126 Å². The van der Waals surface area contributed by atoms with Crippen LogP contribution in [0.2, 0.25) is 0 Å². The number of rotatable bonds is 5. The molecule has 3 heteroatoms. The molecular weight excluding hydrogens is 262 g/mol. The first-order valence-electron chi connectivity index (χ1n) is 7.17. The van der Waals surface area contributed by atoms with Gasteiger partial charge in [-0.2, -0.15) is 0 Å². The third-order valence-corrected chi connectivity index (χ3v) is 3.38. The molecule has 0 aliphatic rings. The van der Waals surface area contributed by atoms with Crippen molar-refractivity contribution in [1.29, 1.82) is 0 Å². The summed E-state index contributed by atoms with van der Waals surface area (Å²) in [5.74, 6) is -0.257. The van der Waals surface area contributed by atoms with Gasteiger partial charge in [-0.25, -0.2) is 4.79 Å². The van der Waals surface area contributed by atoms with Crippen molar-refractivity contribution in [2.45, 2.75) is 26.8 Å². The van der Waals surface area contributed by atoms with E-state index in [0.29, 0.717) is 6.61 Å². The molecule has 0 saturated heterocycles. The Morgan fingerprint density at radius 3 is 2.38 bits per heavy atom. The van der Waals surface area contributed by atoms with Gasteiger partial charge in [0.25, 0.3) is 0 Å². The van der Waals surface area contributed by atoms with Gasteiger partial charge in [-0.05, 0) is 44.0 Å². The molecule has 110 valence electrons. The molecule has 1 unspecified atom stereocenters. The zero-order valence-electron chi connectivity index (χ0n) is 12.7. The van der Waals surface area contributed by atoms with Gasteiger partial charge in [-0.1, -0.05) is 42.0 Å². The lowest BCUT2D eigenvalue weighted by Gasteiger charge is -2.20. The molecule has 0 aliphatic heterocycles. The lowest BCUT2D eigenvalue weighted by atomic mass is 10.0. The number of hydrogen-bond acceptors (Lipinski definition) is 3. The topological polar surface area (TPSA) is 38.3 Å². The maximum atomic E-state index is 12.3. The summed E-state index contributed by atoms with van der Waals surface area (Å²) < 4.78 is 5.21. The number of carbonyl (C=O) groups excluding carboxylic acids is 1. The van der Waals surface area contributed by atoms with E-state index in [2.05, 4.69) is 5.32 Å². The van der Waals surface area contributed by atoms with Crippen molar-refractivity contribution in [3.05, 3.63) is 65.2 Å². The number of nitrogens with one attached hydrogen (secondary N) is 1. The minimum absolute atomic E-state index is 0.257. The molecule has 3 nitrogen and oxygen atoms in total. The zero-order chi connectivity index (χ0) is 15.2. The number of benzene rings is 2. The van der Waals surface area contributed by atoms with Gasteiger partial charge in [0.1, 0.15) is 0 Å². The molecule has 0 aliphatic carbocycles. The van der Waals surface area contributed by atoms with Crippen molar-refractivity contribution in [3.8, 4) is 0 Å². The van der Waals surface area contributed by atoms with Crippen molar-refractivity contribution < 1.29 is 9.53 Å². The second-order valence-corrected chi connectivity index (χ2v) is 5.05. The van der Waals surface area contributed by atoms with E-state index in [4.69, 9.17) is 4.74 Å². The molecule has 0 amide bonds. The third kappa shape index (κ3) is 3.85. The standard InChI is InChI=1S/C18H21NO2/c1-4-21-18(20)17(16-8-6-5-7-14(16)3)19-15-11-9-13(2)10-12-15/h5-12,17,19H,4H2,1-3H3.